The van der Waals surface area contributed by atoms with Crippen LogP contribution in [0.25, 0.3) is 5.69 Å². The molecule has 0 saturated carbocycles. The Morgan fingerprint density at radius 3 is 2.71 bits per heavy atom. The summed E-state index contributed by atoms with van der Waals surface area (Å²) in [5.41, 5.74) is 1.17. The lowest BCUT2D eigenvalue weighted by molar-refractivity contribution is 0.0941. The Bertz CT molecular complexity index is 968. The summed E-state index contributed by atoms with van der Waals surface area (Å²) in [6, 6.07) is 14.4. The molecule has 1 aromatic heterocycles. The van der Waals surface area contributed by atoms with E-state index in [4.69, 9.17) is 18.9 Å². The van der Waals surface area contributed by atoms with Crippen molar-refractivity contribution in [3.8, 4) is 28.7 Å². The summed E-state index contributed by atoms with van der Waals surface area (Å²) in [5.74, 6) is 2.51. The molecular formula is C20H19N3O5. The molecule has 3 aromatic rings. The minimum atomic E-state index is -0.262. The normalized spacial score (nSPS) is 11.9. The molecule has 0 atom stereocenters. The third kappa shape index (κ3) is 3.85. The van der Waals surface area contributed by atoms with Crippen LogP contribution in [0, 0.1) is 0 Å². The molecule has 0 radical (unpaired) electrons. The summed E-state index contributed by atoms with van der Waals surface area (Å²) in [6.07, 6.45) is 1.74. The molecule has 1 amide bonds. The standard InChI is InChI=1S/C20H19N3O5/c1-25-15-4-2-14(3-5-15)23-10-8-17(22-23)20(24)21-9-11-26-16-6-7-18-19(12-16)28-13-27-18/h2-8,10,12H,9,11,13H2,1H3,(H,21,24). The molecule has 0 aliphatic carbocycles. The number of nitrogens with zero attached hydrogens (tertiary/aromatic N) is 2. The van der Waals surface area contributed by atoms with Crippen molar-refractivity contribution in [3.63, 3.8) is 0 Å². The number of hydrogen-bond acceptors (Lipinski definition) is 6. The monoisotopic (exact) mass is 381 g/mol. The van der Waals surface area contributed by atoms with Gasteiger partial charge in [-0.05, 0) is 42.5 Å². The topological polar surface area (TPSA) is 83.8 Å². The van der Waals surface area contributed by atoms with Gasteiger partial charge in [-0.3, -0.25) is 4.79 Å². The predicted molar refractivity (Wildman–Crippen MR) is 101 cm³/mol. The first-order chi connectivity index (χ1) is 13.7. The van der Waals surface area contributed by atoms with Gasteiger partial charge in [0.25, 0.3) is 5.91 Å². The molecule has 2 heterocycles. The van der Waals surface area contributed by atoms with E-state index in [0.29, 0.717) is 36.1 Å². The van der Waals surface area contributed by atoms with Gasteiger partial charge in [-0.1, -0.05) is 0 Å². The van der Waals surface area contributed by atoms with E-state index in [1.54, 1.807) is 42.3 Å². The van der Waals surface area contributed by atoms with Crippen molar-refractivity contribution in [1.82, 2.24) is 15.1 Å². The molecule has 0 unspecified atom stereocenters. The summed E-state index contributed by atoms with van der Waals surface area (Å²) in [6.45, 7) is 0.894. The summed E-state index contributed by atoms with van der Waals surface area (Å²) >= 11 is 0. The maximum absolute atomic E-state index is 12.3. The van der Waals surface area contributed by atoms with Gasteiger partial charge in [0.2, 0.25) is 6.79 Å². The fraction of sp³-hybridized carbons (Fsp3) is 0.200. The number of ether oxygens (including phenoxy) is 4. The Balaban J connectivity index is 1.27. The molecule has 0 bridgehead atoms. The summed E-state index contributed by atoms with van der Waals surface area (Å²) in [5, 5.41) is 7.09. The number of hydrogen-bond donors (Lipinski definition) is 1. The molecular weight excluding hydrogens is 362 g/mol. The third-order valence-electron chi connectivity index (χ3n) is 4.16. The van der Waals surface area contributed by atoms with Crippen LogP contribution in [-0.2, 0) is 0 Å². The molecule has 2 aromatic carbocycles. The van der Waals surface area contributed by atoms with Crippen LogP contribution in [0.3, 0.4) is 0 Å². The Morgan fingerprint density at radius 1 is 1.11 bits per heavy atom. The lowest BCUT2D eigenvalue weighted by Crippen LogP contribution is -2.28. The van der Waals surface area contributed by atoms with Gasteiger partial charge in [-0.2, -0.15) is 5.10 Å². The van der Waals surface area contributed by atoms with Crippen molar-refractivity contribution in [2.75, 3.05) is 27.1 Å². The fourth-order valence-corrected chi connectivity index (χ4v) is 2.71. The smallest absolute Gasteiger partial charge is 0.271 e. The van der Waals surface area contributed by atoms with E-state index in [2.05, 4.69) is 10.4 Å². The third-order valence-corrected chi connectivity index (χ3v) is 4.16. The second-order valence-electron chi connectivity index (χ2n) is 5.96. The van der Waals surface area contributed by atoms with E-state index in [1.165, 1.54) is 0 Å². The summed E-state index contributed by atoms with van der Waals surface area (Å²) < 4.78 is 23.0. The fourth-order valence-electron chi connectivity index (χ4n) is 2.71. The zero-order valence-electron chi connectivity index (χ0n) is 15.3. The molecule has 1 aliphatic heterocycles. The highest BCUT2D eigenvalue weighted by atomic mass is 16.7. The first-order valence-corrected chi connectivity index (χ1v) is 8.74. The number of fused-ring (bicyclic) bond motifs is 1. The van der Waals surface area contributed by atoms with Crippen LogP contribution in [0.2, 0.25) is 0 Å². The second kappa shape index (κ2) is 7.91. The molecule has 1 aliphatic rings. The highest BCUT2D eigenvalue weighted by Crippen LogP contribution is 2.34. The maximum atomic E-state index is 12.3. The maximum Gasteiger partial charge on any atom is 0.271 e. The first-order valence-electron chi connectivity index (χ1n) is 8.74. The molecule has 144 valence electrons. The van der Waals surface area contributed by atoms with Crippen LogP contribution in [0.1, 0.15) is 10.5 Å². The van der Waals surface area contributed by atoms with E-state index in [9.17, 15) is 4.79 Å². The average molecular weight is 381 g/mol. The molecule has 28 heavy (non-hydrogen) atoms. The highest BCUT2D eigenvalue weighted by Gasteiger charge is 2.14. The van der Waals surface area contributed by atoms with Gasteiger partial charge in [0.15, 0.2) is 17.2 Å². The van der Waals surface area contributed by atoms with Crippen molar-refractivity contribution < 1.29 is 23.7 Å². The largest absolute Gasteiger partial charge is 0.497 e. The number of benzene rings is 2. The molecule has 4 rings (SSSR count). The summed E-state index contributed by atoms with van der Waals surface area (Å²) in [7, 11) is 1.61. The number of nitrogens with one attached hydrogen (secondary N) is 1. The molecule has 1 N–H and O–H groups in total. The van der Waals surface area contributed by atoms with Crippen LogP contribution < -0.4 is 24.3 Å². The Labute approximate surface area is 161 Å². The molecule has 0 spiro atoms. The van der Waals surface area contributed by atoms with Crippen molar-refractivity contribution in [2.24, 2.45) is 0 Å². The van der Waals surface area contributed by atoms with Crippen LogP contribution >= 0.6 is 0 Å². The van der Waals surface area contributed by atoms with Crippen LogP contribution in [-0.4, -0.2) is 42.7 Å². The minimum absolute atomic E-state index is 0.220. The average Bonchev–Trinajstić information content (AvgIpc) is 3.40. The van der Waals surface area contributed by atoms with Crippen molar-refractivity contribution >= 4 is 5.91 Å². The SMILES string of the molecule is COc1ccc(-n2ccc(C(=O)NCCOc3ccc4c(c3)OCO4)n2)cc1. The lowest BCUT2D eigenvalue weighted by Gasteiger charge is -2.07. The van der Waals surface area contributed by atoms with Crippen LogP contribution in [0.5, 0.6) is 23.0 Å². The van der Waals surface area contributed by atoms with Crippen LogP contribution in [0.4, 0.5) is 0 Å². The van der Waals surface area contributed by atoms with E-state index in [1.807, 2.05) is 24.3 Å². The first kappa shape index (κ1) is 17.7. The molecule has 8 nitrogen and oxygen atoms in total. The zero-order chi connectivity index (χ0) is 19.3. The summed E-state index contributed by atoms with van der Waals surface area (Å²) in [4.78, 5) is 12.3. The predicted octanol–water partition coefficient (Wildman–Crippen LogP) is 2.42. The Hall–Kier alpha value is -3.68. The van der Waals surface area contributed by atoms with Gasteiger partial charge in [0.1, 0.15) is 18.1 Å². The van der Waals surface area contributed by atoms with E-state index in [-0.39, 0.29) is 12.7 Å². The number of carbonyl (C=O) groups is 1. The van der Waals surface area contributed by atoms with E-state index in [0.717, 1.165) is 11.4 Å². The lowest BCUT2D eigenvalue weighted by atomic mass is 10.3. The van der Waals surface area contributed by atoms with Crippen LogP contribution in [0.15, 0.2) is 54.7 Å². The quantitative estimate of drug-likeness (QED) is 0.633. The van der Waals surface area contributed by atoms with Gasteiger partial charge in [-0.15, -0.1) is 0 Å². The van der Waals surface area contributed by atoms with Gasteiger partial charge >= 0.3 is 0 Å². The number of carbonyl (C=O) groups excluding carboxylic acids is 1. The zero-order valence-corrected chi connectivity index (χ0v) is 15.3. The Morgan fingerprint density at radius 2 is 1.89 bits per heavy atom. The second-order valence-corrected chi connectivity index (χ2v) is 5.96. The minimum Gasteiger partial charge on any atom is -0.497 e. The van der Waals surface area contributed by atoms with E-state index < -0.39 is 0 Å². The number of rotatable bonds is 7. The van der Waals surface area contributed by atoms with Gasteiger partial charge < -0.3 is 24.3 Å². The molecule has 8 heteroatoms. The van der Waals surface area contributed by atoms with Gasteiger partial charge in [-0.25, -0.2) is 4.68 Å². The molecule has 0 saturated heterocycles. The van der Waals surface area contributed by atoms with E-state index >= 15 is 0 Å². The number of amides is 1. The van der Waals surface area contributed by atoms with Crippen molar-refractivity contribution in [3.05, 3.63) is 60.4 Å². The molecule has 0 fully saturated rings. The van der Waals surface area contributed by atoms with Crippen molar-refractivity contribution in [2.45, 2.75) is 0 Å². The number of methoxy groups -OCH3 is 1. The van der Waals surface area contributed by atoms with Gasteiger partial charge in [0.05, 0.1) is 19.3 Å². The van der Waals surface area contributed by atoms with Crippen molar-refractivity contribution in [1.29, 1.82) is 0 Å². The number of aromatic nitrogens is 2. The van der Waals surface area contributed by atoms with Gasteiger partial charge in [0, 0.05) is 12.3 Å². The Kier molecular flexibility index (Phi) is 5.01. The highest BCUT2D eigenvalue weighted by molar-refractivity contribution is 5.92.